The highest BCUT2D eigenvalue weighted by Gasteiger charge is 2.22. The van der Waals surface area contributed by atoms with Crippen LogP contribution in [0.4, 0.5) is 8.78 Å². The molecule has 0 spiro atoms. The van der Waals surface area contributed by atoms with Crippen molar-refractivity contribution in [1.29, 1.82) is 0 Å². The van der Waals surface area contributed by atoms with Crippen LogP contribution in [0.15, 0.2) is 6.07 Å². The second-order valence-corrected chi connectivity index (χ2v) is 2.59. The van der Waals surface area contributed by atoms with Gasteiger partial charge < -0.3 is 10.2 Å². The molecule has 70 valence electrons. The summed E-state index contributed by atoms with van der Waals surface area (Å²) in [5, 5.41) is 16.5. The maximum atomic E-state index is 12.9. The number of hydrogen-bond acceptors (Lipinski definition) is 2. The zero-order valence-electron chi connectivity index (χ0n) is 6.01. The van der Waals surface area contributed by atoms with E-state index in [9.17, 15) is 13.6 Å². The van der Waals surface area contributed by atoms with E-state index in [1.54, 1.807) is 0 Å². The summed E-state index contributed by atoms with van der Waals surface area (Å²) >= 11 is 5.15. The van der Waals surface area contributed by atoms with Gasteiger partial charge in [0, 0.05) is 0 Å². The topological polar surface area (TPSA) is 57.5 Å². The minimum Gasteiger partial charge on any atom is -0.504 e. The van der Waals surface area contributed by atoms with Gasteiger partial charge in [-0.15, -0.1) is 0 Å². The Morgan fingerprint density at radius 3 is 2.46 bits per heavy atom. The predicted octanol–water partition coefficient (Wildman–Crippen LogP) is 2.02. The van der Waals surface area contributed by atoms with Crippen molar-refractivity contribution in [3.8, 4) is 5.75 Å². The molecule has 1 aromatic carbocycles. The Balaban J connectivity index is 3.56. The van der Waals surface area contributed by atoms with Crippen molar-refractivity contribution >= 4 is 17.6 Å². The fourth-order valence-corrected chi connectivity index (χ4v) is 0.971. The lowest BCUT2D eigenvalue weighted by molar-refractivity contribution is 0.0687. The molecule has 0 aliphatic carbocycles. The average molecular weight is 209 g/mol. The summed E-state index contributed by atoms with van der Waals surface area (Å²) < 4.78 is 25.5. The van der Waals surface area contributed by atoms with E-state index in [1.165, 1.54) is 0 Å². The van der Waals surface area contributed by atoms with E-state index in [0.717, 1.165) is 0 Å². The second-order valence-electron chi connectivity index (χ2n) is 2.18. The summed E-state index contributed by atoms with van der Waals surface area (Å²) in [7, 11) is 0. The molecular weight excluding hydrogens is 206 g/mol. The van der Waals surface area contributed by atoms with E-state index in [-0.39, 0.29) is 0 Å². The van der Waals surface area contributed by atoms with Gasteiger partial charge in [0.25, 0.3) is 0 Å². The molecule has 13 heavy (non-hydrogen) atoms. The van der Waals surface area contributed by atoms with E-state index in [4.69, 9.17) is 21.8 Å². The summed E-state index contributed by atoms with van der Waals surface area (Å²) in [5.41, 5.74) is -1.16. The highest BCUT2D eigenvalue weighted by atomic mass is 35.5. The number of carboxylic acid groups (broad SMARTS) is 1. The van der Waals surface area contributed by atoms with Crippen LogP contribution in [-0.4, -0.2) is 16.2 Å². The van der Waals surface area contributed by atoms with Crippen molar-refractivity contribution in [2.45, 2.75) is 0 Å². The summed E-state index contributed by atoms with van der Waals surface area (Å²) in [6.45, 7) is 0. The molecule has 2 N–H and O–H groups in total. The molecule has 0 aromatic heterocycles. The molecule has 0 heterocycles. The Morgan fingerprint density at radius 1 is 1.46 bits per heavy atom. The molecule has 0 fully saturated rings. The Bertz CT molecular complexity index is 352. The van der Waals surface area contributed by atoms with Gasteiger partial charge in [0.2, 0.25) is 0 Å². The van der Waals surface area contributed by atoms with Crippen LogP contribution in [0.2, 0.25) is 5.02 Å². The fraction of sp³-hybridized carbons (Fsp3) is 0. The number of benzene rings is 1. The number of aromatic carboxylic acids is 1. The van der Waals surface area contributed by atoms with Crippen LogP contribution in [0.25, 0.3) is 0 Å². The largest absolute Gasteiger partial charge is 0.504 e. The van der Waals surface area contributed by atoms with Crippen LogP contribution < -0.4 is 0 Å². The minimum absolute atomic E-state index is 0.499. The highest BCUT2D eigenvalue weighted by molar-refractivity contribution is 6.31. The monoisotopic (exact) mass is 208 g/mol. The Hall–Kier alpha value is -1.36. The third kappa shape index (κ3) is 1.55. The van der Waals surface area contributed by atoms with Gasteiger partial charge in [-0.2, -0.15) is 0 Å². The molecule has 1 rings (SSSR count). The summed E-state index contributed by atoms with van der Waals surface area (Å²) in [6, 6.07) is 0.499. The van der Waals surface area contributed by atoms with Gasteiger partial charge in [-0.25, -0.2) is 13.6 Å². The molecule has 1 aromatic rings. The lowest BCUT2D eigenvalue weighted by atomic mass is 10.2. The molecular formula is C7H3ClF2O3. The van der Waals surface area contributed by atoms with Crippen LogP contribution in [0.1, 0.15) is 10.4 Å². The third-order valence-corrected chi connectivity index (χ3v) is 1.63. The molecule has 0 saturated heterocycles. The molecule has 0 bridgehead atoms. The Labute approximate surface area is 76.2 Å². The number of halogens is 3. The van der Waals surface area contributed by atoms with Crippen molar-refractivity contribution in [2.75, 3.05) is 0 Å². The number of carbonyl (C=O) groups is 1. The van der Waals surface area contributed by atoms with Gasteiger partial charge in [-0.1, -0.05) is 11.6 Å². The van der Waals surface area contributed by atoms with Crippen LogP contribution >= 0.6 is 11.6 Å². The van der Waals surface area contributed by atoms with Crippen LogP contribution in [-0.2, 0) is 0 Å². The first-order chi connectivity index (χ1) is 5.95. The van der Waals surface area contributed by atoms with Gasteiger partial charge in [0.1, 0.15) is 5.56 Å². The lowest BCUT2D eigenvalue weighted by Crippen LogP contribution is -2.03. The number of phenols is 1. The zero-order chi connectivity index (χ0) is 10.2. The van der Waals surface area contributed by atoms with Crippen molar-refractivity contribution in [1.82, 2.24) is 0 Å². The summed E-state index contributed by atoms with van der Waals surface area (Å²) in [6.07, 6.45) is 0. The smallest absolute Gasteiger partial charge is 0.342 e. The molecule has 0 aliphatic rings. The molecule has 0 saturated carbocycles. The lowest BCUT2D eigenvalue weighted by Gasteiger charge is -2.03. The molecule has 6 heteroatoms. The predicted molar refractivity (Wildman–Crippen MR) is 40.0 cm³/mol. The first kappa shape index (κ1) is 9.73. The van der Waals surface area contributed by atoms with Crippen molar-refractivity contribution in [2.24, 2.45) is 0 Å². The van der Waals surface area contributed by atoms with Gasteiger partial charge in [-0.05, 0) is 6.07 Å². The van der Waals surface area contributed by atoms with Gasteiger partial charge in [-0.3, -0.25) is 0 Å². The van der Waals surface area contributed by atoms with E-state index >= 15 is 0 Å². The van der Waals surface area contributed by atoms with Crippen LogP contribution in [0, 0.1) is 11.6 Å². The third-order valence-electron chi connectivity index (χ3n) is 1.36. The Morgan fingerprint density at radius 2 is 2.00 bits per heavy atom. The molecule has 0 atom stereocenters. The van der Waals surface area contributed by atoms with E-state index < -0.39 is 33.9 Å². The SMILES string of the molecule is O=C(O)c1c(O)c(F)cc(Cl)c1F. The molecule has 0 radical (unpaired) electrons. The number of hydrogen-bond donors (Lipinski definition) is 2. The maximum absolute atomic E-state index is 12.9. The number of aromatic hydroxyl groups is 1. The molecule has 0 unspecified atom stereocenters. The Kier molecular flexibility index (Phi) is 2.38. The van der Waals surface area contributed by atoms with Gasteiger partial charge in [0.05, 0.1) is 5.02 Å². The first-order valence-electron chi connectivity index (χ1n) is 3.05. The standard InChI is InChI=1S/C7H3ClF2O3/c8-2-1-3(9)6(11)4(5(2)10)7(12)13/h1,11H,(H,12,13). The van der Waals surface area contributed by atoms with Crippen LogP contribution in [0.5, 0.6) is 5.75 Å². The van der Waals surface area contributed by atoms with E-state index in [2.05, 4.69) is 0 Å². The fourth-order valence-electron chi connectivity index (χ4n) is 0.781. The van der Waals surface area contributed by atoms with Gasteiger partial charge in [0.15, 0.2) is 17.4 Å². The quantitative estimate of drug-likeness (QED) is 0.695. The van der Waals surface area contributed by atoms with Crippen molar-refractivity contribution in [3.05, 3.63) is 28.3 Å². The molecule has 0 aliphatic heterocycles. The van der Waals surface area contributed by atoms with Crippen molar-refractivity contribution < 1.29 is 23.8 Å². The van der Waals surface area contributed by atoms with E-state index in [1.807, 2.05) is 0 Å². The number of carboxylic acids is 1. The van der Waals surface area contributed by atoms with Crippen molar-refractivity contribution in [3.63, 3.8) is 0 Å². The normalized spacial score (nSPS) is 10.1. The second kappa shape index (κ2) is 3.18. The number of rotatable bonds is 1. The summed E-state index contributed by atoms with van der Waals surface area (Å²) in [5.74, 6) is -5.66. The molecule has 3 nitrogen and oxygen atoms in total. The maximum Gasteiger partial charge on any atom is 0.342 e. The highest BCUT2D eigenvalue weighted by Crippen LogP contribution is 2.29. The average Bonchev–Trinajstić information content (AvgIpc) is 2.01. The minimum atomic E-state index is -1.78. The summed E-state index contributed by atoms with van der Waals surface area (Å²) in [4.78, 5) is 10.3. The van der Waals surface area contributed by atoms with E-state index in [0.29, 0.717) is 6.07 Å². The zero-order valence-corrected chi connectivity index (χ0v) is 6.77. The first-order valence-corrected chi connectivity index (χ1v) is 3.42. The molecule has 0 amide bonds. The van der Waals surface area contributed by atoms with Gasteiger partial charge >= 0.3 is 5.97 Å². The van der Waals surface area contributed by atoms with Crippen LogP contribution in [0.3, 0.4) is 0 Å².